The summed E-state index contributed by atoms with van der Waals surface area (Å²) in [6.07, 6.45) is 0.204. The van der Waals surface area contributed by atoms with Gasteiger partial charge in [0.05, 0.1) is 0 Å². The fraction of sp³-hybridized carbons (Fsp3) is 0.235. The van der Waals surface area contributed by atoms with Crippen molar-refractivity contribution in [2.24, 2.45) is 0 Å². The molecular formula is C17H17FO2. The zero-order valence-corrected chi connectivity index (χ0v) is 11.6. The second kappa shape index (κ2) is 6.33. The summed E-state index contributed by atoms with van der Waals surface area (Å²) in [4.78, 5) is 12.2. The van der Waals surface area contributed by atoms with Crippen LogP contribution in [0.4, 0.5) is 4.39 Å². The van der Waals surface area contributed by atoms with Crippen molar-refractivity contribution in [2.75, 3.05) is 0 Å². The van der Waals surface area contributed by atoms with Gasteiger partial charge in [-0.15, -0.1) is 0 Å². The molecule has 20 heavy (non-hydrogen) atoms. The summed E-state index contributed by atoms with van der Waals surface area (Å²) in [5, 5.41) is 0. The Morgan fingerprint density at radius 3 is 2.40 bits per heavy atom. The molecule has 2 aromatic rings. The van der Waals surface area contributed by atoms with Gasteiger partial charge in [0, 0.05) is 5.56 Å². The molecule has 0 spiro atoms. The van der Waals surface area contributed by atoms with E-state index in [0.29, 0.717) is 5.56 Å². The summed E-state index contributed by atoms with van der Waals surface area (Å²) in [6.45, 7) is 3.68. The first-order valence-electron chi connectivity index (χ1n) is 6.66. The van der Waals surface area contributed by atoms with Crippen molar-refractivity contribution < 1.29 is 13.9 Å². The van der Waals surface area contributed by atoms with Crippen LogP contribution >= 0.6 is 0 Å². The van der Waals surface area contributed by atoms with Crippen LogP contribution in [0.2, 0.25) is 0 Å². The minimum atomic E-state index is -0.723. The van der Waals surface area contributed by atoms with E-state index in [1.54, 1.807) is 31.2 Å². The fourth-order valence-corrected chi connectivity index (χ4v) is 1.92. The normalized spacial score (nSPS) is 11.9. The number of benzene rings is 2. The molecule has 0 aliphatic rings. The molecule has 0 amide bonds. The van der Waals surface area contributed by atoms with Crippen LogP contribution in [0.25, 0.3) is 0 Å². The fourth-order valence-electron chi connectivity index (χ4n) is 1.92. The number of halogens is 1. The Hall–Kier alpha value is -2.16. The van der Waals surface area contributed by atoms with Crippen molar-refractivity contribution in [3.63, 3.8) is 0 Å². The molecule has 0 aromatic heterocycles. The highest BCUT2D eigenvalue weighted by Crippen LogP contribution is 2.18. The quantitative estimate of drug-likeness (QED) is 0.768. The number of hydrogen-bond acceptors (Lipinski definition) is 2. The SMILES string of the molecule is CCc1ccc(C(=O)C(C)Oc2ccccc2F)cc1. The molecule has 0 aliphatic carbocycles. The molecule has 2 rings (SSSR count). The third kappa shape index (κ3) is 3.23. The smallest absolute Gasteiger partial charge is 0.202 e. The van der Waals surface area contributed by atoms with Crippen LogP contribution in [0.3, 0.4) is 0 Å². The largest absolute Gasteiger partial charge is 0.479 e. The Kier molecular flexibility index (Phi) is 4.51. The van der Waals surface area contributed by atoms with Gasteiger partial charge >= 0.3 is 0 Å². The van der Waals surface area contributed by atoms with Crippen LogP contribution in [0.5, 0.6) is 5.75 Å². The highest BCUT2D eigenvalue weighted by atomic mass is 19.1. The van der Waals surface area contributed by atoms with Crippen molar-refractivity contribution in [3.05, 3.63) is 65.5 Å². The minimum Gasteiger partial charge on any atom is -0.479 e. The standard InChI is InChI=1S/C17H17FO2/c1-3-13-8-10-14(11-9-13)17(19)12(2)20-16-7-5-4-6-15(16)18/h4-12H,3H2,1-2H3. The van der Waals surface area contributed by atoms with Gasteiger partial charge in [-0.05, 0) is 31.0 Å². The maximum absolute atomic E-state index is 13.5. The number of para-hydroxylation sites is 1. The van der Waals surface area contributed by atoms with Crippen LogP contribution in [-0.2, 0) is 6.42 Å². The third-order valence-corrected chi connectivity index (χ3v) is 3.16. The number of hydrogen-bond donors (Lipinski definition) is 0. The van der Waals surface area contributed by atoms with E-state index < -0.39 is 11.9 Å². The van der Waals surface area contributed by atoms with E-state index in [0.717, 1.165) is 6.42 Å². The van der Waals surface area contributed by atoms with Crippen molar-refractivity contribution in [3.8, 4) is 5.75 Å². The number of aryl methyl sites for hydroxylation is 1. The third-order valence-electron chi connectivity index (χ3n) is 3.16. The zero-order chi connectivity index (χ0) is 14.5. The van der Waals surface area contributed by atoms with Gasteiger partial charge in [-0.2, -0.15) is 0 Å². The lowest BCUT2D eigenvalue weighted by Crippen LogP contribution is -2.24. The van der Waals surface area contributed by atoms with E-state index in [1.807, 2.05) is 12.1 Å². The van der Waals surface area contributed by atoms with E-state index in [1.165, 1.54) is 17.7 Å². The predicted molar refractivity (Wildman–Crippen MR) is 76.6 cm³/mol. The monoisotopic (exact) mass is 272 g/mol. The summed E-state index contributed by atoms with van der Waals surface area (Å²) in [5.41, 5.74) is 1.75. The number of ketones is 1. The van der Waals surface area contributed by atoms with Crippen LogP contribution in [0.1, 0.15) is 29.8 Å². The van der Waals surface area contributed by atoms with E-state index in [9.17, 15) is 9.18 Å². The first kappa shape index (κ1) is 14.3. The van der Waals surface area contributed by atoms with Gasteiger partial charge in [0.2, 0.25) is 5.78 Å². The van der Waals surface area contributed by atoms with E-state index in [4.69, 9.17) is 4.74 Å². The molecule has 2 aromatic carbocycles. The molecule has 0 N–H and O–H groups in total. The lowest BCUT2D eigenvalue weighted by molar-refractivity contribution is 0.0812. The highest BCUT2D eigenvalue weighted by molar-refractivity contribution is 5.99. The van der Waals surface area contributed by atoms with Gasteiger partial charge in [0.15, 0.2) is 17.7 Å². The number of carbonyl (C=O) groups excluding carboxylic acids is 1. The molecule has 1 atom stereocenters. The molecule has 0 fully saturated rings. The molecule has 0 aliphatic heterocycles. The second-order valence-corrected chi connectivity index (χ2v) is 4.61. The summed E-state index contributed by atoms with van der Waals surface area (Å²) < 4.78 is 18.9. The lowest BCUT2D eigenvalue weighted by Gasteiger charge is -2.14. The molecule has 3 heteroatoms. The maximum Gasteiger partial charge on any atom is 0.202 e. The minimum absolute atomic E-state index is 0.0959. The molecule has 0 heterocycles. The Bertz CT molecular complexity index is 590. The molecule has 1 unspecified atom stereocenters. The lowest BCUT2D eigenvalue weighted by atomic mass is 10.0. The van der Waals surface area contributed by atoms with Gasteiger partial charge < -0.3 is 4.74 Å². The van der Waals surface area contributed by atoms with E-state index in [2.05, 4.69) is 6.92 Å². The number of carbonyl (C=O) groups is 1. The maximum atomic E-state index is 13.5. The Morgan fingerprint density at radius 2 is 1.80 bits per heavy atom. The number of rotatable bonds is 5. The Labute approximate surface area is 118 Å². The predicted octanol–water partition coefficient (Wildman–Crippen LogP) is 4.04. The molecule has 0 bridgehead atoms. The van der Waals surface area contributed by atoms with Gasteiger partial charge in [0.1, 0.15) is 0 Å². The summed E-state index contributed by atoms with van der Waals surface area (Å²) in [5.74, 6) is -0.525. The highest BCUT2D eigenvalue weighted by Gasteiger charge is 2.18. The molecule has 0 radical (unpaired) electrons. The molecule has 0 saturated heterocycles. The van der Waals surface area contributed by atoms with Crippen molar-refractivity contribution in [2.45, 2.75) is 26.4 Å². The average molecular weight is 272 g/mol. The van der Waals surface area contributed by atoms with Crippen LogP contribution in [-0.4, -0.2) is 11.9 Å². The first-order chi connectivity index (χ1) is 9.61. The summed E-state index contributed by atoms with van der Waals surface area (Å²) in [6, 6.07) is 13.5. The first-order valence-corrected chi connectivity index (χ1v) is 6.66. The molecule has 2 nitrogen and oxygen atoms in total. The van der Waals surface area contributed by atoms with Crippen LogP contribution in [0, 0.1) is 5.82 Å². The molecular weight excluding hydrogens is 255 g/mol. The Balaban J connectivity index is 2.10. The van der Waals surface area contributed by atoms with Crippen molar-refractivity contribution in [1.29, 1.82) is 0 Å². The average Bonchev–Trinajstić information content (AvgIpc) is 2.49. The molecule has 0 saturated carbocycles. The van der Waals surface area contributed by atoms with Crippen molar-refractivity contribution >= 4 is 5.78 Å². The van der Waals surface area contributed by atoms with Gasteiger partial charge in [-0.1, -0.05) is 43.3 Å². The zero-order valence-electron chi connectivity index (χ0n) is 11.6. The number of ether oxygens (including phenoxy) is 1. The topological polar surface area (TPSA) is 26.3 Å². The number of Topliss-reactive ketones (excluding diaryl/α,β-unsaturated/α-hetero) is 1. The van der Waals surface area contributed by atoms with E-state index in [-0.39, 0.29) is 11.5 Å². The van der Waals surface area contributed by atoms with Crippen LogP contribution in [0.15, 0.2) is 48.5 Å². The van der Waals surface area contributed by atoms with E-state index >= 15 is 0 Å². The second-order valence-electron chi connectivity index (χ2n) is 4.61. The summed E-state index contributed by atoms with van der Waals surface area (Å²) in [7, 11) is 0. The summed E-state index contributed by atoms with van der Waals surface area (Å²) >= 11 is 0. The molecule has 104 valence electrons. The van der Waals surface area contributed by atoms with Gasteiger partial charge in [0.25, 0.3) is 0 Å². The van der Waals surface area contributed by atoms with Crippen LogP contribution < -0.4 is 4.74 Å². The van der Waals surface area contributed by atoms with Crippen molar-refractivity contribution in [1.82, 2.24) is 0 Å². The van der Waals surface area contributed by atoms with Gasteiger partial charge in [-0.3, -0.25) is 4.79 Å². The van der Waals surface area contributed by atoms with Gasteiger partial charge in [-0.25, -0.2) is 4.39 Å². The Morgan fingerprint density at radius 1 is 1.15 bits per heavy atom.